The molecule has 1 aromatic heterocycles. The van der Waals surface area contributed by atoms with Crippen molar-refractivity contribution in [3.63, 3.8) is 0 Å². The second-order valence-corrected chi connectivity index (χ2v) is 4.78. The molecular weight excluding hydrogens is 266 g/mol. The van der Waals surface area contributed by atoms with E-state index in [0.29, 0.717) is 6.54 Å². The number of aromatic nitrogens is 1. The summed E-state index contributed by atoms with van der Waals surface area (Å²) >= 11 is 0. The SMILES string of the molecule is Cc1ccc(CNC(=O)N[C@H](CO)c2ccccc2)cn1. The maximum atomic E-state index is 11.9. The van der Waals surface area contributed by atoms with Gasteiger partial charge >= 0.3 is 6.03 Å². The molecular formula is C16H19N3O2. The second kappa shape index (κ2) is 7.40. The van der Waals surface area contributed by atoms with Crippen LogP contribution in [0.3, 0.4) is 0 Å². The third-order valence-electron chi connectivity index (χ3n) is 3.12. The molecule has 1 heterocycles. The first-order valence-corrected chi connectivity index (χ1v) is 6.80. The first-order valence-electron chi connectivity index (χ1n) is 6.80. The Morgan fingerprint density at radius 1 is 1.24 bits per heavy atom. The lowest BCUT2D eigenvalue weighted by molar-refractivity contribution is 0.216. The van der Waals surface area contributed by atoms with Gasteiger partial charge in [0.1, 0.15) is 0 Å². The fourth-order valence-corrected chi connectivity index (χ4v) is 1.91. The van der Waals surface area contributed by atoms with Crippen molar-refractivity contribution in [2.45, 2.75) is 19.5 Å². The molecule has 3 N–H and O–H groups in total. The molecule has 0 saturated heterocycles. The van der Waals surface area contributed by atoms with Crippen LogP contribution in [-0.4, -0.2) is 22.7 Å². The number of benzene rings is 1. The first kappa shape index (κ1) is 15.0. The van der Waals surface area contributed by atoms with Crippen molar-refractivity contribution in [3.8, 4) is 0 Å². The van der Waals surface area contributed by atoms with Crippen molar-refractivity contribution in [3.05, 3.63) is 65.5 Å². The van der Waals surface area contributed by atoms with E-state index in [1.54, 1.807) is 6.20 Å². The molecule has 2 amide bonds. The highest BCUT2D eigenvalue weighted by molar-refractivity contribution is 5.74. The van der Waals surface area contributed by atoms with E-state index in [2.05, 4.69) is 15.6 Å². The summed E-state index contributed by atoms with van der Waals surface area (Å²) in [5.74, 6) is 0. The maximum Gasteiger partial charge on any atom is 0.315 e. The molecule has 110 valence electrons. The number of urea groups is 1. The van der Waals surface area contributed by atoms with Gasteiger partial charge in [-0.2, -0.15) is 0 Å². The van der Waals surface area contributed by atoms with Gasteiger partial charge in [0.15, 0.2) is 0 Å². The minimum Gasteiger partial charge on any atom is -0.394 e. The first-order chi connectivity index (χ1) is 10.2. The molecule has 0 aliphatic heterocycles. The molecule has 0 aliphatic rings. The number of hydrogen-bond donors (Lipinski definition) is 3. The van der Waals surface area contributed by atoms with Crippen LogP contribution < -0.4 is 10.6 Å². The monoisotopic (exact) mass is 285 g/mol. The summed E-state index contributed by atoms with van der Waals surface area (Å²) in [7, 11) is 0. The lowest BCUT2D eigenvalue weighted by atomic mass is 10.1. The topological polar surface area (TPSA) is 74.2 Å². The predicted octanol–water partition coefficient (Wildman–Crippen LogP) is 1.92. The van der Waals surface area contributed by atoms with E-state index in [-0.39, 0.29) is 12.6 Å². The van der Waals surface area contributed by atoms with Crippen molar-refractivity contribution < 1.29 is 9.90 Å². The number of aliphatic hydroxyl groups excluding tert-OH is 1. The Bertz CT molecular complexity index is 570. The molecule has 0 unspecified atom stereocenters. The third kappa shape index (κ3) is 4.57. The Morgan fingerprint density at radius 2 is 2.00 bits per heavy atom. The van der Waals surface area contributed by atoms with Gasteiger partial charge in [-0.05, 0) is 24.1 Å². The van der Waals surface area contributed by atoms with Crippen molar-refractivity contribution >= 4 is 6.03 Å². The fraction of sp³-hybridized carbons (Fsp3) is 0.250. The van der Waals surface area contributed by atoms with Gasteiger partial charge in [0.2, 0.25) is 0 Å². The smallest absolute Gasteiger partial charge is 0.315 e. The van der Waals surface area contributed by atoms with Gasteiger partial charge in [0, 0.05) is 18.4 Å². The normalized spacial score (nSPS) is 11.7. The molecule has 0 spiro atoms. The Morgan fingerprint density at radius 3 is 2.62 bits per heavy atom. The van der Waals surface area contributed by atoms with E-state index in [9.17, 15) is 9.90 Å². The Balaban J connectivity index is 1.87. The van der Waals surface area contributed by atoms with Crippen LogP contribution in [0, 0.1) is 6.92 Å². The molecule has 0 saturated carbocycles. The second-order valence-electron chi connectivity index (χ2n) is 4.78. The van der Waals surface area contributed by atoms with E-state index in [4.69, 9.17) is 0 Å². The summed E-state index contributed by atoms with van der Waals surface area (Å²) < 4.78 is 0. The molecule has 0 aliphatic carbocycles. The number of aryl methyl sites for hydroxylation is 1. The maximum absolute atomic E-state index is 11.9. The van der Waals surface area contributed by atoms with Crippen molar-refractivity contribution in [2.24, 2.45) is 0 Å². The number of rotatable bonds is 5. The molecule has 5 nitrogen and oxygen atoms in total. The molecule has 1 atom stereocenters. The van der Waals surface area contributed by atoms with E-state index >= 15 is 0 Å². The Kier molecular flexibility index (Phi) is 5.29. The predicted molar refractivity (Wildman–Crippen MR) is 80.6 cm³/mol. The van der Waals surface area contributed by atoms with Crippen LogP contribution >= 0.6 is 0 Å². The van der Waals surface area contributed by atoms with E-state index in [1.165, 1.54) is 0 Å². The summed E-state index contributed by atoms with van der Waals surface area (Å²) in [5, 5.41) is 14.9. The van der Waals surface area contributed by atoms with E-state index in [0.717, 1.165) is 16.8 Å². The molecule has 2 aromatic rings. The molecule has 0 fully saturated rings. The standard InChI is InChI=1S/C16H19N3O2/c1-12-7-8-13(9-17-12)10-18-16(21)19-15(11-20)14-5-3-2-4-6-14/h2-9,15,20H,10-11H2,1H3,(H2,18,19,21)/t15-/m1/s1. The summed E-state index contributed by atoms with van der Waals surface area (Å²) in [6, 6.07) is 12.4. The summed E-state index contributed by atoms with van der Waals surface area (Å²) in [5.41, 5.74) is 2.73. The lowest BCUT2D eigenvalue weighted by Crippen LogP contribution is -2.38. The van der Waals surface area contributed by atoms with Crippen molar-refractivity contribution in [2.75, 3.05) is 6.61 Å². The number of carbonyl (C=O) groups is 1. The molecule has 0 radical (unpaired) electrons. The Hall–Kier alpha value is -2.40. The van der Waals surface area contributed by atoms with Gasteiger partial charge < -0.3 is 15.7 Å². The summed E-state index contributed by atoms with van der Waals surface area (Å²) in [4.78, 5) is 16.0. The van der Waals surface area contributed by atoms with Crippen LogP contribution in [0.4, 0.5) is 4.79 Å². The highest BCUT2D eigenvalue weighted by Gasteiger charge is 2.12. The molecule has 21 heavy (non-hydrogen) atoms. The summed E-state index contributed by atoms with van der Waals surface area (Å²) in [6.45, 7) is 2.16. The number of nitrogens with one attached hydrogen (secondary N) is 2. The van der Waals surface area contributed by atoms with Gasteiger partial charge in [0.05, 0.1) is 12.6 Å². The zero-order valence-corrected chi connectivity index (χ0v) is 11.9. The number of hydrogen-bond acceptors (Lipinski definition) is 3. The van der Waals surface area contributed by atoms with Gasteiger partial charge in [-0.15, -0.1) is 0 Å². The number of pyridine rings is 1. The summed E-state index contributed by atoms with van der Waals surface area (Å²) in [6.07, 6.45) is 1.73. The Labute approximate surface area is 124 Å². The highest BCUT2D eigenvalue weighted by atomic mass is 16.3. The number of aliphatic hydroxyl groups is 1. The zero-order chi connectivity index (χ0) is 15.1. The molecule has 2 rings (SSSR count). The number of nitrogens with zero attached hydrogens (tertiary/aromatic N) is 1. The molecule has 0 bridgehead atoms. The van der Waals surface area contributed by atoms with Gasteiger partial charge in [-0.3, -0.25) is 4.98 Å². The van der Waals surface area contributed by atoms with Crippen molar-refractivity contribution in [1.29, 1.82) is 0 Å². The fourth-order valence-electron chi connectivity index (χ4n) is 1.91. The average Bonchev–Trinajstić information content (AvgIpc) is 2.53. The minimum absolute atomic E-state index is 0.149. The lowest BCUT2D eigenvalue weighted by Gasteiger charge is -2.17. The van der Waals surface area contributed by atoms with Gasteiger partial charge in [-0.25, -0.2) is 4.79 Å². The minimum atomic E-state index is -0.414. The largest absolute Gasteiger partial charge is 0.394 e. The van der Waals surface area contributed by atoms with Crippen LogP contribution in [0.25, 0.3) is 0 Å². The molecule has 1 aromatic carbocycles. The average molecular weight is 285 g/mol. The van der Waals surface area contributed by atoms with E-state index in [1.807, 2.05) is 49.4 Å². The van der Waals surface area contributed by atoms with Crippen LogP contribution in [-0.2, 0) is 6.54 Å². The van der Waals surface area contributed by atoms with Crippen molar-refractivity contribution in [1.82, 2.24) is 15.6 Å². The van der Waals surface area contributed by atoms with Crippen LogP contribution in [0.2, 0.25) is 0 Å². The van der Waals surface area contributed by atoms with Gasteiger partial charge in [0.25, 0.3) is 0 Å². The number of amides is 2. The third-order valence-corrected chi connectivity index (χ3v) is 3.12. The quantitative estimate of drug-likeness (QED) is 0.785. The highest BCUT2D eigenvalue weighted by Crippen LogP contribution is 2.11. The van der Waals surface area contributed by atoms with Crippen LogP contribution in [0.1, 0.15) is 22.9 Å². The van der Waals surface area contributed by atoms with Gasteiger partial charge in [-0.1, -0.05) is 36.4 Å². The van der Waals surface area contributed by atoms with Crippen LogP contribution in [0.5, 0.6) is 0 Å². The number of carbonyl (C=O) groups excluding carboxylic acids is 1. The van der Waals surface area contributed by atoms with E-state index < -0.39 is 6.04 Å². The zero-order valence-electron chi connectivity index (χ0n) is 11.9. The molecule has 5 heteroatoms. The van der Waals surface area contributed by atoms with Crippen LogP contribution in [0.15, 0.2) is 48.7 Å².